The summed E-state index contributed by atoms with van der Waals surface area (Å²) in [5.41, 5.74) is 1.90. The van der Waals surface area contributed by atoms with Gasteiger partial charge >= 0.3 is 6.18 Å². The highest BCUT2D eigenvalue weighted by atomic mass is 32.2. The van der Waals surface area contributed by atoms with Gasteiger partial charge in [0.25, 0.3) is 0 Å². The number of nitrogens with zero attached hydrogens (tertiary/aromatic N) is 4. The number of piperidine rings is 2. The van der Waals surface area contributed by atoms with Crippen molar-refractivity contribution in [2.24, 2.45) is 11.8 Å². The van der Waals surface area contributed by atoms with Crippen LogP contribution in [0.1, 0.15) is 82.3 Å². The summed E-state index contributed by atoms with van der Waals surface area (Å²) in [5.74, 6) is -0.357. The van der Waals surface area contributed by atoms with Crippen molar-refractivity contribution in [1.29, 1.82) is 0 Å². The molecule has 0 spiro atoms. The summed E-state index contributed by atoms with van der Waals surface area (Å²) in [7, 11) is -6.88. The van der Waals surface area contributed by atoms with Crippen molar-refractivity contribution >= 4 is 20.0 Å². The Labute approximate surface area is 304 Å². The molecule has 0 unspecified atom stereocenters. The molecule has 286 valence electrons. The van der Waals surface area contributed by atoms with E-state index in [0.717, 1.165) is 55.7 Å². The van der Waals surface area contributed by atoms with Crippen LogP contribution in [0.3, 0.4) is 0 Å². The predicted molar refractivity (Wildman–Crippen MR) is 195 cm³/mol. The summed E-state index contributed by atoms with van der Waals surface area (Å²) in [4.78, 5) is 5.31. The van der Waals surface area contributed by atoms with Crippen LogP contribution in [0, 0.1) is 25.7 Å². The highest BCUT2D eigenvalue weighted by Gasteiger charge is 2.42. The van der Waals surface area contributed by atoms with Crippen molar-refractivity contribution in [2.45, 2.75) is 113 Å². The summed E-state index contributed by atoms with van der Waals surface area (Å²) in [5, 5.41) is 0. The molecule has 2 aromatic carbocycles. The average molecular weight is 755 g/mol. The zero-order valence-corrected chi connectivity index (χ0v) is 32.2. The SMILES string of the molecule is Cc1cccc(S(=O)(=O)N2CCC[C@@H]2CCN2CCC(C(F)(F)F)CC2)c1.Cc1cccc(S(=O)(=O)N2CCC[C@@H]2CCN2CCC(C)CC2)c1. The lowest BCUT2D eigenvalue weighted by Gasteiger charge is -2.34. The number of benzene rings is 2. The fraction of sp³-hybridized carbons (Fsp3) is 0.684. The molecule has 4 aliphatic rings. The first-order chi connectivity index (χ1) is 24.1. The number of rotatable bonds is 10. The van der Waals surface area contributed by atoms with Crippen LogP contribution in [0.25, 0.3) is 0 Å². The number of halogens is 3. The molecule has 8 nitrogen and oxygen atoms in total. The van der Waals surface area contributed by atoms with Crippen molar-refractivity contribution in [3.05, 3.63) is 59.7 Å². The van der Waals surface area contributed by atoms with Gasteiger partial charge in [-0.3, -0.25) is 0 Å². The zero-order chi connectivity index (χ0) is 36.8. The predicted octanol–water partition coefficient (Wildman–Crippen LogP) is 7.08. The van der Waals surface area contributed by atoms with Crippen LogP contribution in [0.5, 0.6) is 0 Å². The fourth-order valence-corrected chi connectivity index (χ4v) is 11.7. The maximum Gasteiger partial charge on any atom is 0.391 e. The molecule has 4 heterocycles. The molecular weight excluding hydrogens is 698 g/mol. The molecule has 2 atom stereocenters. The van der Waals surface area contributed by atoms with E-state index in [2.05, 4.69) is 11.8 Å². The summed E-state index contributed by atoms with van der Waals surface area (Å²) in [6, 6.07) is 14.3. The second-order valence-electron chi connectivity index (χ2n) is 15.2. The van der Waals surface area contributed by atoms with Crippen LogP contribution < -0.4 is 0 Å². The molecule has 4 fully saturated rings. The van der Waals surface area contributed by atoms with Gasteiger partial charge in [-0.25, -0.2) is 16.8 Å². The average Bonchev–Trinajstić information content (AvgIpc) is 3.78. The van der Waals surface area contributed by atoms with Gasteiger partial charge in [0.2, 0.25) is 20.0 Å². The van der Waals surface area contributed by atoms with Crippen molar-refractivity contribution in [3.8, 4) is 0 Å². The maximum absolute atomic E-state index is 13.0. The lowest BCUT2D eigenvalue weighted by Crippen LogP contribution is -2.42. The maximum atomic E-state index is 13.0. The van der Waals surface area contributed by atoms with Crippen molar-refractivity contribution in [3.63, 3.8) is 0 Å². The number of sulfonamides is 2. The third kappa shape index (κ3) is 10.6. The number of alkyl halides is 3. The van der Waals surface area contributed by atoms with Crippen LogP contribution in [0.15, 0.2) is 58.3 Å². The Morgan fingerprint density at radius 1 is 0.627 bits per heavy atom. The molecule has 0 N–H and O–H groups in total. The Morgan fingerprint density at radius 3 is 1.43 bits per heavy atom. The molecule has 6 rings (SSSR count). The third-order valence-corrected chi connectivity index (χ3v) is 15.2. The largest absolute Gasteiger partial charge is 0.391 e. The summed E-state index contributed by atoms with van der Waals surface area (Å²) >= 11 is 0. The van der Waals surface area contributed by atoms with Gasteiger partial charge in [-0.2, -0.15) is 21.8 Å². The summed E-state index contributed by atoms with van der Waals surface area (Å²) in [6.07, 6.45) is 3.96. The minimum Gasteiger partial charge on any atom is -0.303 e. The van der Waals surface area contributed by atoms with Gasteiger partial charge < -0.3 is 9.80 Å². The Morgan fingerprint density at radius 2 is 1.04 bits per heavy atom. The molecule has 0 amide bonds. The smallest absolute Gasteiger partial charge is 0.303 e. The molecule has 51 heavy (non-hydrogen) atoms. The Bertz CT molecular complexity index is 1640. The van der Waals surface area contributed by atoms with Gasteiger partial charge in [0.1, 0.15) is 0 Å². The molecule has 0 bridgehead atoms. The molecule has 4 saturated heterocycles. The minimum atomic E-state index is -4.10. The number of aryl methyl sites for hydroxylation is 2. The Balaban J connectivity index is 0.000000199. The van der Waals surface area contributed by atoms with E-state index in [9.17, 15) is 30.0 Å². The number of hydrogen-bond donors (Lipinski definition) is 0. The van der Waals surface area contributed by atoms with Gasteiger partial charge in [-0.15, -0.1) is 0 Å². The van der Waals surface area contributed by atoms with Gasteiger partial charge in [-0.05, 0) is 159 Å². The van der Waals surface area contributed by atoms with Gasteiger partial charge in [0.15, 0.2) is 0 Å². The lowest BCUT2D eigenvalue weighted by molar-refractivity contribution is -0.185. The van der Waals surface area contributed by atoms with E-state index in [1.807, 2.05) is 36.9 Å². The first kappa shape index (κ1) is 40.2. The standard InChI is InChI=1S/C19H27F3N2O2S.C19H30N2O2S/c1-15-4-2-6-18(14-15)27(25,26)24-10-3-5-17(24)9-13-23-11-7-16(8-12-23)19(20,21)22;1-16-8-12-20(13-9-16)14-10-18-6-4-11-21(18)24(22,23)19-7-3-5-17(2)15-19/h2,4,6,14,16-17H,3,5,7-13H2,1H3;3,5,7,15-16,18H,4,6,8-14H2,1-2H3/t17-;18-/m11/s1. The highest BCUT2D eigenvalue weighted by Crippen LogP contribution is 2.35. The van der Waals surface area contributed by atoms with E-state index in [4.69, 9.17) is 0 Å². The fourth-order valence-electron chi connectivity index (χ4n) is 8.08. The molecule has 0 aromatic heterocycles. The van der Waals surface area contributed by atoms with Gasteiger partial charge in [-0.1, -0.05) is 31.2 Å². The van der Waals surface area contributed by atoms with Crippen LogP contribution in [0.4, 0.5) is 13.2 Å². The van der Waals surface area contributed by atoms with E-state index in [1.165, 1.54) is 25.9 Å². The number of hydrogen-bond acceptors (Lipinski definition) is 6. The van der Waals surface area contributed by atoms with Crippen molar-refractivity contribution < 1.29 is 30.0 Å². The topological polar surface area (TPSA) is 81.2 Å². The monoisotopic (exact) mass is 754 g/mol. The summed E-state index contributed by atoms with van der Waals surface area (Å²) in [6.45, 7) is 12.2. The highest BCUT2D eigenvalue weighted by molar-refractivity contribution is 7.89. The third-order valence-electron chi connectivity index (χ3n) is 11.3. The van der Waals surface area contributed by atoms with Crippen LogP contribution in [0.2, 0.25) is 0 Å². The first-order valence-electron chi connectivity index (χ1n) is 18.8. The van der Waals surface area contributed by atoms with Crippen LogP contribution in [-0.4, -0.2) is 106 Å². The molecule has 0 radical (unpaired) electrons. The van der Waals surface area contributed by atoms with E-state index in [0.29, 0.717) is 48.9 Å². The molecule has 2 aromatic rings. The second kappa shape index (κ2) is 17.4. The molecule has 0 saturated carbocycles. The van der Waals surface area contributed by atoms with Gasteiger partial charge in [0.05, 0.1) is 15.7 Å². The zero-order valence-electron chi connectivity index (χ0n) is 30.5. The van der Waals surface area contributed by atoms with Gasteiger partial charge in [0, 0.05) is 25.2 Å². The van der Waals surface area contributed by atoms with Crippen LogP contribution >= 0.6 is 0 Å². The quantitative estimate of drug-likeness (QED) is 0.258. The first-order valence-corrected chi connectivity index (χ1v) is 21.7. The van der Waals surface area contributed by atoms with E-state index in [1.54, 1.807) is 38.9 Å². The Kier molecular flexibility index (Phi) is 13.7. The normalized spacial score (nSPS) is 24.1. The lowest BCUT2D eigenvalue weighted by atomic mass is 9.96. The molecular formula is C38H57F3N4O4S2. The minimum absolute atomic E-state index is 0.0733. The Hall–Kier alpha value is -2.03. The number of likely N-dealkylation sites (tertiary alicyclic amines) is 2. The van der Waals surface area contributed by atoms with E-state index in [-0.39, 0.29) is 24.9 Å². The molecule has 4 aliphatic heterocycles. The van der Waals surface area contributed by atoms with Crippen molar-refractivity contribution in [2.75, 3.05) is 52.4 Å². The summed E-state index contributed by atoms with van der Waals surface area (Å²) < 4.78 is 93.7. The van der Waals surface area contributed by atoms with E-state index >= 15 is 0 Å². The van der Waals surface area contributed by atoms with Crippen LogP contribution in [-0.2, 0) is 20.0 Å². The molecule has 0 aliphatic carbocycles. The molecule has 13 heteroatoms. The van der Waals surface area contributed by atoms with Crippen molar-refractivity contribution in [1.82, 2.24) is 18.4 Å². The van der Waals surface area contributed by atoms with E-state index < -0.39 is 32.1 Å². The second-order valence-corrected chi connectivity index (χ2v) is 19.0.